The molecular weight excluding hydrogens is 278 g/mol. The fraction of sp³-hybridized carbons (Fsp3) is 0.118. The van der Waals surface area contributed by atoms with Crippen LogP contribution in [-0.4, -0.2) is 16.1 Å². The molecule has 3 rings (SSSR count). The van der Waals surface area contributed by atoms with Gasteiger partial charge in [0.25, 0.3) is 5.91 Å². The van der Waals surface area contributed by atoms with Crippen LogP contribution in [0.2, 0.25) is 0 Å². The largest absolute Gasteiger partial charge is 0.421 e. The smallest absolute Gasteiger partial charge is 0.255 e. The summed E-state index contributed by atoms with van der Waals surface area (Å²) >= 11 is 0. The minimum Gasteiger partial charge on any atom is -0.421 e. The summed E-state index contributed by atoms with van der Waals surface area (Å²) in [5, 5.41) is 10.6. The van der Waals surface area contributed by atoms with E-state index in [1.54, 1.807) is 25.1 Å². The van der Waals surface area contributed by atoms with Crippen LogP contribution in [0.5, 0.6) is 0 Å². The number of carbonyl (C=O) groups excluding carboxylic acids is 1. The average molecular weight is 293 g/mol. The lowest BCUT2D eigenvalue weighted by Gasteiger charge is -2.06. The van der Waals surface area contributed by atoms with Gasteiger partial charge in [0.2, 0.25) is 11.8 Å². The summed E-state index contributed by atoms with van der Waals surface area (Å²) in [6.45, 7) is 3.72. The zero-order valence-electron chi connectivity index (χ0n) is 12.3. The molecule has 3 aromatic rings. The summed E-state index contributed by atoms with van der Waals surface area (Å²) in [6.07, 6.45) is 0. The van der Waals surface area contributed by atoms with Crippen LogP contribution < -0.4 is 5.32 Å². The number of hydrogen-bond donors (Lipinski definition) is 1. The van der Waals surface area contributed by atoms with E-state index >= 15 is 0 Å². The third-order valence-electron chi connectivity index (χ3n) is 3.21. The highest BCUT2D eigenvalue weighted by Gasteiger charge is 2.09. The highest BCUT2D eigenvalue weighted by atomic mass is 16.4. The molecule has 0 saturated carbocycles. The van der Waals surface area contributed by atoms with Crippen LogP contribution in [0.25, 0.3) is 11.5 Å². The number of rotatable bonds is 3. The molecule has 5 heteroatoms. The Morgan fingerprint density at radius 1 is 1.05 bits per heavy atom. The van der Waals surface area contributed by atoms with Gasteiger partial charge in [-0.15, -0.1) is 10.2 Å². The highest BCUT2D eigenvalue weighted by Crippen LogP contribution is 2.21. The van der Waals surface area contributed by atoms with Crippen LogP contribution in [0.15, 0.2) is 52.9 Å². The summed E-state index contributed by atoms with van der Waals surface area (Å²) in [5.41, 5.74) is 3.18. The van der Waals surface area contributed by atoms with Gasteiger partial charge in [-0.05, 0) is 37.3 Å². The van der Waals surface area contributed by atoms with E-state index in [0.29, 0.717) is 23.0 Å². The SMILES string of the molecule is Cc1ccc(C(=O)Nc2cccc(-c3nnc(C)o3)c2)cc1. The fourth-order valence-corrected chi connectivity index (χ4v) is 2.05. The first kappa shape index (κ1) is 14.0. The highest BCUT2D eigenvalue weighted by molar-refractivity contribution is 6.04. The summed E-state index contributed by atoms with van der Waals surface area (Å²) in [4.78, 5) is 12.2. The van der Waals surface area contributed by atoms with Crippen LogP contribution in [0.3, 0.4) is 0 Å². The first-order chi connectivity index (χ1) is 10.6. The van der Waals surface area contributed by atoms with Gasteiger partial charge in [0, 0.05) is 23.7 Å². The molecule has 0 saturated heterocycles. The number of hydrogen-bond acceptors (Lipinski definition) is 4. The Labute approximate surface area is 128 Å². The van der Waals surface area contributed by atoms with Crippen molar-refractivity contribution in [3.05, 3.63) is 65.5 Å². The van der Waals surface area contributed by atoms with E-state index in [1.807, 2.05) is 37.3 Å². The molecule has 1 N–H and O–H groups in total. The van der Waals surface area contributed by atoms with Gasteiger partial charge in [-0.3, -0.25) is 4.79 Å². The molecule has 0 atom stereocenters. The predicted octanol–water partition coefficient (Wildman–Crippen LogP) is 3.61. The lowest BCUT2D eigenvalue weighted by Crippen LogP contribution is -2.11. The summed E-state index contributed by atoms with van der Waals surface area (Å²) < 4.78 is 5.39. The predicted molar refractivity (Wildman–Crippen MR) is 83.6 cm³/mol. The Bertz CT molecular complexity index is 807. The summed E-state index contributed by atoms with van der Waals surface area (Å²) in [5.74, 6) is 0.784. The number of aryl methyl sites for hydroxylation is 2. The zero-order valence-corrected chi connectivity index (χ0v) is 12.3. The van der Waals surface area contributed by atoms with Crippen molar-refractivity contribution >= 4 is 11.6 Å². The number of benzene rings is 2. The van der Waals surface area contributed by atoms with Crippen molar-refractivity contribution < 1.29 is 9.21 Å². The molecule has 1 heterocycles. The molecule has 0 unspecified atom stereocenters. The standard InChI is InChI=1S/C17H15N3O2/c1-11-6-8-13(9-7-11)16(21)18-15-5-3-4-14(10-15)17-20-19-12(2)22-17/h3-10H,1-2H3,(H,18,21). The lowest BCUT2D eigenvalue weighted by atomic mass is 10.1. The maximum Gasteiger partial charge on any atom is 0.255 e. The van der Waals surface area contributed by atoms with Gasteiger partial charge in [-0.2, -0.15) is 0 Å². The number of nitrogens with zero attached hydrogens (tertiary/aromatic N) is 2. The van der Waals surface area contributed by atoms with Gasteiger partial charge < -0.3 is 9.73 Å². The van der Waals surface area contributed by atoms with Crippen molar-refractivity contribution in [2.75, 3.05) is 5.32 Å². The molecule has 0 bridgehead atoms. The van der Waals surface area contributed by atoms with Crippen molar-refractivity contribution in [1.82, 2.24) is 10.2 Å². The zero-order chi connectivity index (χ0) is 15.5. The minimum absolute atomic E-state index is 0.154. The molecule has 1 aromatic heterocycles. The first-order valence-corrected chi connectivity index (χ1v) is 6.90. The van der Waals surface area contributed by atoms with E-state index < -0.39 is 0 Å². The quantitative estimate of drug-likeness (QED) is 0.801. The Morgan fingerprint density at radius 2 is 1.82 bits per heavy atom. The molecule has 0 aliphatic heterocycles. The second-order valence-corrected chi connectivity index (χ2v) is 5.03. The first-order valence-electron chi connectivity index (χ1n) is 6.90. The van der Waals surface area contributed by atoms with E-state index in [0.717, 1.165) is 11.1 Å². The second kappa shape index (κ2) is 5.81. The third-order valence-corrected chi connectivity index (χ3v) is 3.21. The normalized spacial score (nSPS) is 10.5. The molecule has 0 fully saturated rings. The van der Waals surface area contributed by atoms with E-state index in [2.05, 4.69) is 15.5 Å². The molecule has 22 heavy (non-hydrogen) atoms. The number of aromatic nitrogens is 2. The van der Waals surface area contributed by atoms with E-state index in [9.17, 15) is 4.79 Å². The number of nitrogens with one attached hydrogen (secondary N) is 1. The van der Waals surface area contributed by atoms with Gasteiger partial charge in [-0.25, -0.2) is 0 Å². The monoisotopic (exact) mass is 293 g/mol. The van der Waals surface area contributed by atoms with E-state index in [4.69, 9.17) is 4.42 Å². The van der Waals surface area contributed by atoms with E-state index in [1.165, 1.54) is 0 Å². The van der Waals surface area contributed by atoms with Crippen LogP contribution in [-0.2, 0) is 0 Å². The van der Waals surface area contributed by atoms with Crippen LogP contribution >= 0.6 is 0 Å². The second-order valence-electron chi connectivity index (χ2n) is 5.03. The van der Waals surface area contributed by atoms with Gasteiger partial charge in [0.05, 0.1) is 0 Å². The fourth-order valence-electron chi connectivity index (χ4n) is 2.05. The maximum atomic E-state index is 12.2. The third kappa shape index (κ3) is 3.03. The minimum atomic E-state index is -0.154. The molecule has 5 nitrogen and oxygen atoms in total. The number of amides is 1. The molecule has 0 aliphatic carbocycles. The molecule has 2 aromatic carbocycles. The van der Waals surface area contributed by atoms with Gasteiger partial charge in [-0.1, -0.05) is 23.8 Å². The molecule has 110 valence electrons. The Kier molecular flexibility index (Phi) is 3.70. The maximum absolute atomic E-state index is 12.2. The molecule has 0 radical (unpaired) electrons. The van der Waals surface area contributed by atoms with Crippen LogP contribution in [0, 0.1) is 13.8 Å². The summed E-state index contributed by atoms with van der Waals surface area (Å²) in [6, 6.07) is 14.7. The average Bonchev–Trinajstić information content (AvgIpc) is 2.95. The van der Waals surface area contributed by atoms with Gasteiger partial charge >= 0.3 is 0 Å². The Hall–Kier alpha value is -2.95. The van der Waals surface area contributed by atoms with Crippen molar-refractivity contribution in [3.8, 4) is 11.5 Å². The Morgan fingerprint density at radius 3 is 2.50 bits per heavy atom. The van der Waals surface area contributed by atoms with Gasteiger partial charge in [0.1, 0.15) is 0 Å². The Balaban J connectivity index is 1.81. The van der Waals surface area contributed by atoms with Crippen molar-refractivity contribution in [3.63, 3.8) is 0 Å². The molecule has 1 amide bonds. The van der Waals surface area contributed by atoms with Crippen LogP contribution in [0.4, 0.5) is 5.69 Å². The number of carbonyl (C=O) groups is 1. The van der Waals surface area contributed by atoms with E-state index in [-0.39, 0.29) is 5.91 Å². The van der Waals surface area contributed by atoms with Crippen molar-refractivity contribution in [1.29, 1.82) is 0 Å². The van der Waals surface area contributed by atoms with Gasteiger partial charge in [0.15, 0.2) is 0 Å². The molecular formula is C17H15N3O2. The van der Waals surface area contributed by atoms with Crippen molar-refractivity contribution in [2.24, 2.45) is 0 Å². The van der Waals surface area contributed by atoms with Crippen LogP contribution in [0.1, 0.15) is 21.8 Å². The molecule has 0 aliphatic rings. The number of anilines is 1. The topological polar surface area (TPSA) is 68.0 Å². The van der Waals surface area contributed by atoms with Crippen molar-refractivity contribution in [2.45, 2.75) is 13.8 Å². The lowest BCUT2D eigenvalue weighted by molar-refractivity contribution is 0.102. The summed E-state index contributed by atoms with van der Waals surface area (Å²) in [7, 11) is 0. The molecule has 0 spiro atoms.